The van der Waals surface area contributed by atoms with Gasteiger partial charge in [0.1, 0.15) is 41.9 Å². The van der Waals surface area contributed by atoms with Gasteiger partial charge in [0.15, 0.2) is 0 Å². The lowest BCUT2D eigenvalue weighted by atomic mass is 9.83. The first-order valence-corrected chi connectivity index (χ1v) is 32.7. The average molecular weight is 1250 g/mol. The van der Waals surface area contributed by atoms with E-state index in [4.69, 9.17) is 38.6 Å². The van der Waals surface area contributed by atoms with Crippen molar-refractivity contribution in [2.24, 2.45) is 5.92 Å². The summed E-state index contributed by atoms with van der Waals surface area (Å²) < 4.78 is 30.9. The molecule has 6 atom stereocenters. The van der Waals surface area contributed by atoms with Crippen LogP contribution in [0.15, 0.2) is 96.9 Å². The molecule has 3 unspecified atom stereocenters. The molecule has 6 heterocycles. The molecule has 11 rings (SSSR count). The number of fused-ring (bicyclic) bond motifs is 3. The lowest BCUT2D eigenvalue weighted by Crippen LogP contribution is -2.56. The fraction of sp³-hybridized carbons (Fsp3) is 0.500. The molecule has 2 aromatic heterocycles. The van der Waals surface area contributed by atoms with Crippen LogP contribution in [0.25, 0.3) is 32.8 Å². The van der Waals surface area contributed by atoms with Gasteiger partial charge in [-0.1, -0.05) is 86.5 Å². The molecule has 2 N–H and O–H groups in total. The summed E-state index contributed by atoms with van der Waals surface area (Å²) in [4.78, 5) is 79.2. The Hall–Kier alpha value is -7.94. The number of rotatable bonds is 25. The number of nitrogens with one attached hydrogen (secondary N) is 1. The minimum atomic E-state index is -1.20. The van der Waals surface area contributed by atoms with Crippen molar-refractivity contribution in [2.45, 2.75) is 114 Å². The molecule has 476 valence electrons. The maximum absolute atomic E-state index is 14.5. The SMILES string of the molecule is C=CC(=O)N1CCN(c2nc(OC[C@@H]3C[C@@H](OCCOCCOCCOc4ccc(-c5csc(C6CCCN6C(=O)[C@@H](NC(=O)C(C)N(C)C(=O)O)C6CCCCC6)n5)c5ccccc45)CN3C)nc3c2CCN(c2cccc4ccccc24)C3)CC1CC#N. The minimum absolute atomic E-state index is 0.00521. The van der Waals surface area contributed by atoms with Gasteiger partial charge >= 0.3 is 12.1 Å². The van der Waals surface area contributed by atoms with Crippen molar-refractivity contribution in [1.82, 2.24) is 39.9 Å². The molecule has 1 saturated carbocycles. The zero-order valence-electron chi connectivity index (χ0n) is 51.9. The van der Waals surface area contributed by atoms with Gasteiger partial charge in [0.05, 0.1) is 81.6 Å². The molecule has 4 fully saturated rings. The van der Waals surface area contributed by atoms with Crippen LogP contribution in [0, 0.1) is 17.2 Å². The number of benzene rings is 4. The molecule has 3 saturated heterocycles. The van der Waals surface area contributed by atoms with E-state index < -0.39 is 24.1 Å². The van der Waals surface area contributed by atoms with Crippen LogP contribution in [0.3, 0.4) is 0 Å². The molecule has 90 heavy (non-hydrogen) atoms. The Morgan fingerprint density at radius 1 is 0.811 bits per heavy atom. The van der Waals surface area contributed by atoms with Crippen molar-refractivity contribution in [3.8, 4) is 29.1 Å². The molecular weight excluding hydrogens is 1160 g/mol. The summed E-state index contributed by atoms with van der Waals surface area (Å²) in [5, 5.41) is 29.5. The molecule has 0 bridgehead atoms. The monoisotopic (exact) mass is 1250 g/mol. The molecule has 4 aromatic carbocycles. The van der Waals surface area contributed by atoms with E-state index in [1.54, 1.807) is 11.8 Å². The fourth-order valence-corrected chi connectivity index (χ4v) is 14.5. The number of carbonyl (C=O) groups excluding carboxylic acids is 3. The van der Waals surface area contributed by atoms with E-state index in [-0.39, 0.29) is 48.4 Å². The summed E-state index contributed by atoms with van der Waals surface area (Å²) in [6, 6.07) is 27.4. The van der Waals surface area contributed by atoms with E-state index >= 15 is 0 Å². The molecule has 0 radical (unpaired) electrons. The first kappa shape index (κ1) is 63.6. The molecule has 0 spiro atoms. The van der Waals surface area contributed by atoms with Crippen molar-refractivity contribution in [3.05, 3.63) is 113 Å². The second-order valence-corrected chi connectivity index (χ2v) is 25.1. The second-order valence-electron chi connectivity index (χ2n) is 24.2. The number of aromatic nitrogens is 3. The van der Waals surface area contributed by atoms with Crippen molar-refractivity contribution < 1.29 is 48.0 Å². The standard InChI is InChI=1S/C68H83N11O10S/c1-5-61(80)78-32-31-77(40-48(78)26-28-69)63-55-27-30-76(58-22-13-18-46-15-9-10-19-51(46)58)42-56(55)71-67(73-63)89-43-49-39-50(41-74(49)3)87-37-35-85-33-34-86-36-38-88-60-25-24-53(52-20-11-12-21-54(52)60)57-44-90-65(70-57)59-23-14-29-79(59)66(82)62(47-16-7-6-8-17-47)72-64(81)45(2)75(4)68(83)84/h5,9-13,15,18-22,24-25,44-45,47-50,59,62H,1,6-8,14,16-17,23,26-27,29-43H2,2-4H3,(H,72,81)(H,83,84)/t45?,48?,49-,50+,59?,62-/m0/s1. The highest BCUT2D eigenvalue weighted by Crippen LogP contribution is 2.41. The van der Waals surface area contributed by atoms with E-state index in [2.05, 4.69) is 88.2 Å². The Morgan fingerprint density at radius 3 is 2.36 bits per heavy atom. The number of nitrogens with zero attached hydrogens (tertiary/aromatic N) is 10. The summed E-state index contributed by atoms with van der Waals surface area (Å²) in [6.45, 7) is 12.2. The molecule has 1 aliphatic carbocycles. The molecular formula is C68H83N11O10S. The summed E-state index contributed by atoms with van der Waals surface area (Å²) in [5.41, 5.74) is 4.92. The predicted molar refractivity (Wildman–Crippen MR) is 345 cm³/mol. The zero-order chi connectivity index (χ0) is 62.7. The number of ether oxygens (including phenoxy) is 5. The second kappa shape index (κ2) is 29.8. The summed E-state index contributed by atoms with van der Waals surface area (Å²) >= 11 is 1.54. The number of likely N-dealkylation sites (N-methyl/N-ethyl adjacent to an activating group) is 2. The minimum Gasteiger partial charge on any atom is -0.491 e. The van der Waals surface area contributed by atoms with Gasteiger partial charge < -0.3 is 53.7 Å². The number of anilines is 2. The van der Waals surface area contributed by atoms with Gasteiger partial charge in [0.25, 0.3) is 0 Å². The average Bonchev–Trinajstić information content (AvgIpc) is 1.05. The van der Waals surface area contributed by atoms with Gasteiger partial charge in [-0.2, -0.15) is 15.2 Å². The van der Waals surface area contributed by atoms with Crippen LogP contribution in [-0.2, 0) is 41.6 Å². The third-order valence-electron chi connectivity index (χ3n) is 18.6. The number of hydrogen-bond donors (Lipinski definition) is 2. The number of piperazine rings is 1. The lowest BCUT2D eigenvalue weighted by Gasteiger charge is -2.42. The van der Waals surface area contributed by atoms with Crippen LogP contribution in [0.1, 0.15) is 87.0 Å². The number of amides is 4. The predicted octanol–water partition coefficient (Wildman–Crippen LogP) is 8.89. The first-order chi connectivity index (χ1) is 43.9. The molecule has 5 aliphatic rings. The Labute approximate surface area is 530 Å². The maximum Gasteiger partial charge on any atom is 0.407 e. The number of carbonyl (C=O) groups is 4. The molecule has 4 aliphatic heterocycles. The number of hydrogen-bond acceptors (Lipinski definition) is 17. The van der Waals surface area contributed by atoms with Gasteiger partial charge in [-0.15, -0.1) is 11.3 Å². The highest BCUT2D eigenvalue weighted by molar-refractivity contribution is 7.10. The summed E-state index contributed by atoms with van der Waals surface area (Å²) in [5.74, 6) is 0.755. The zero-order valence-corrected chi connectivity index (χ0v) is 52.7. The molecule has 6 aromatic rings. The third kappa shape index (κ3) is 14.6. The lowest BCUT2D eigenvalue weighted by molar-refractivity contribution is -0.140. The highest BCUT2D eigenvalue weighted by Gasteiger charge is 2.41. The van der Waals surface area contributed by atoms with E-state index in [1.807, 2.05) is 40.6 Å². The van der Waals surface area contributed by atoms with Crippen LogP contribution >= 0.6 is 11.3 Å². The Balaban J connectivity index is 0.630. The molecule has 22 heteroatoms. The smallest absolute Gasteiger partial charge is 0.407 e. The molecule has 4 amide bonds. The van der Waals surface area contributed by atoms with Gasteiger partial charge in [0.2, 0.25) is 17.7 Å². The van der Waals surface area contributed by atoms with E-state index in [0.29, 0.717) is 85.0 Å². The van der Waals surface area contributed by atoms with Crippen molar-refractivity contribution in [1.29, 1.82) is 5.26 Å². The van der Waals surface area contributed by atoms with Crippen LogP contribution in [0.4, 0.5) is 16.3 Å². The van der Waals surface area contributed by atoms with Crippen molar-refractivity contribution in [3.63, 3.8) is 0 Å². The Kier molecular flexibility index (Phi) is 21.1. The number of carboxylic acid groups (broad SMARTS) is 1. The van der Waals surface area contributed by atoms with Gasteiger partial charge in [-0.05, 0) is 93.5 Å². The van der Waals surface area contributed by atoms with Crippen LogP contribution in [-0.4, -0.2) is 193 Å². The van der Waals surface area contributed by atoms with Gasteiger partial charge in [-0.25, -0.2) is 9.78 Å². The topological polar surface area (TPSA) is 229 Å². The third-order valence-corrected chi connectivity index (χ3v) is 19.6. The van der Waals surface area contributed by atoms with E-state index in [0.717, 1.165) is 131 Å². The van der Waals surface area contributed by atoms with Crippen LogP contribution < -0.4 is 24.6 Å². The van der Waals surface area contributed by atoms with E-state index in [9.17, 15) is 29.5 Å². The van der Waals surface area contributed by atoms with Crippen LogP contribution in [0.2, 0.25) is 0 Å². The highest BCUT2D eigenvalue weighted by atomic mass is 32.1. The van der Waals surface area contributed by atoms with Crippen molar-refractivity contribution in [2.75, 3.05) is 109 Å². The first-order valence-electron chi connectivity index (χ1n) is 31.8. The quantitative estimate of drug-likeness (QED) is 0.0403. The van der Waals surface area contributed by atoms with Crippen molar-refractivity contribution >= 4 is 68.2 Å². The van der Waals surface area contributed by atoms with E-state index in [1.165, 1.54) is 35.2 Å². The number of thiazole rings is 1. The normalized spacial score (nSPS) is 20.4. The van der Waals surface area contributed by atoms with Gasteiger partial charge in [0, 0.05) is 85.3 Å². The van der Waals surface area contributed by atoms with Crippen LogP contribution in [0.5, 0.6) is 11.8 Å². The Morgan fingerprint density at radius 2 is 1.57 bits per heavy atom. The largest absolute Gasteiger partial charge is 0.491 e. The number of nitriles is 1. The summed E-state index contributed by atoms with van der Waals surface area (Å²) in [7, 11) is 3.45. The Bertz CT molecular complexity index is 3550. The fourth-order valence-electron chi connectivity index (χ4n) is 13.6. The number of likely N-dealkylation sites (tertiary alicyclic amines) is 2. The van der Waals surface area contributed by atoms with Gasteiger partial charge in [-0.3, -0.25) is 24.2 Å². The maximum atomic E-state index is 14.5. The molecule has 21 nitrogen and oxygen atoms in total. The summed E-state index contributed by atoms with van der Waals surface area (Å²) in [6.07, 6.45) is 8.14.